The molecule has 0 unspecified atom stereocenters. The summed E-state index contributed by atoms with van der Waals surface area (Å²) >= 11 is 1.56. The van der Waals surface area contributed by atoms with Crippen LogP contribution in [0.5, 0.6) is 0 Å². The van der Waals surface area contributed by atoms with Gasteiger partial charge in [-0.25, -0.2) is 8.78 Å². The van der Waals surface area contributed by atoms with Gasteiger partial charge in [0, 0.05) is 0 Å². The van der Waals surface area contributed by atoms with Crippen molar-refractivity contribution in [2.75, 3.05) is 5.73 Å². The van der Waals surface area contributed by atoms with E-state index in [0.717, 1.165) is 6.07 Å². The Labute approximate surface area is 90.6 Å². The zero-order valence-corrected chi connectivity index (χ0v) is 8.73. The van der Waals surface area contributed by atoms with Gasteiger partial charge in [-0.1, -0.05) is 0 Å². The van der Waals surface area contributed by atoms with Crippen molar-refractivity contribution in [3.05, 3.63) is 25.3 Å². The number of alkyl halides is 2. The zero-order chi connectivity index (χ0) is 10.9. The fraction of sp³-hybridized carbons (Fsp3) is 0.167. The number of aromatic nitrogens is 1. The van der Waals surface area contributed by atoms with Gasteiger partial charge in [-0.05, 0) is 38.6 Å². The fourth-order valence-corrected chi connectivity index (χ4v) is 1.46. The van der Waals surface area contributed by atoms with Crippen LogP contribution >= 0.6 is 22.6 Å². The first-order valence-corrected chi connectivity index (χ1v) is 4.39. The van der Waals surface area contributed by atoms with Gasteiger partial charge in [0.05, 0.1) is 5.56 Å². The summed E-state index contributed by atoms with van der Waals surface area (Å²) in [7, 11) is 0. The molecule has 0 radical (unpaired) electrons. The van der Waals surface area contributed by atoms with Crippen LogP contribution in [0, 0.1) is 13.7 Å². The lowest BCUT2D eigenvalue weighted by Crippen LogP contribution is -2.03. The average molecular weight is 315 g/mol. The smallest absolute Gasteiger partial charge is 0.362 e. The Bertz CT molecular complexity index is 386. The molecule has 0 bridgehead atoms. The summed E-state index contributed by atoms with van der Waals surface area (Å²) in [4.78, 5) is 12.9. The van der Waals surface area contributed by atoms with E-state index < -0.39 is 28.5 Å². The van der Waals surface area contributed by atoms with Crippen molar-refractivity contribution < 1.29 is 13.7 Å². The molecule has 0 aliphatic heterocycles. The number of rotatable bonds is 2. The highest BCUT2D eigenvalue weighted by Gasteiger charge is 2.23. The van der Waals surface area contributed by atoms with Crippen molar-refractivity contribution in [1.82, 2.24) is 4.98 Å². The second kappa shape index (κ2) is 3.98. The number of pyridine rings is 1. The van der Waals surface area contributed by atoms with Gasteiger partial charge in [-0.2, -0.15) is 0 Å². The minimum Gasteiger partial charge on any atom is -0.362 e. The third-order valence-corrected chi connectivity index (χ3v) is 2.22. The number of hydrogen-bond donors (Lipinski definition) is 1. The van der Waals surface area contributed by atoms with E-state index in [1.165, 1.54) is 0 Å². The van der Waals surface area contributed by atoms with Crippen molar-refractivity contribution in [1.29, 1.82) is 0 Å². The summed E-state index contributed by atoms with van der Waals surface area (Å²) in [5, 5.41) is 10.4. The molecule has 0 aliphatic carbocycles. The number of halogens is 3. The van der Waals surface area contributed by atoms with Gasteiger partial charge >= 0.3 is 5.82 Å². The van der Waals surface area contributed by atoms with E-state index in [0.29, 0.717) is 0 Å². The summed E-state index contributed by atoms with van der Waals surface area (Å²) < 4.78 is 24.5. The van der Waals surface area contributed by atoms with Crippen LogP contribution in [-0.4, -0.2) is 9.91 Å². The molecule has 2 N–H and O–H groups in total. The first-order valence-electron chi connectivity index (χ1n) is 3.32. The Morgan fingerprint density at radius 2 is 2.21 bits per heavy atom. The van der Waals surface area contributed by atoms with Crippen LogP contribution < -0.4 is 5.73 Å². The summed E-state index contributed by atoms with van der Waals surface area (Å²) in [5.41, 5.74) is 4.64. The molecular weight excluding hydrogens is 311 g/mol. The molecular formula is C6H4F2IN3O2. The minimum atomic E-state index is -2.78. The van der Waals surface area contributed by atoms with E-state index in [9.17, 15) is 18.9 Å². The molecule has 0 atom stereocenters. The molecule has 14 heavy (non-hydrogen) atoms. The molecule has 0 aromatic carbocycles. The molecule has 1 aromatic heterocycles. The van der Waals surface area contributed by atoms with Gasteiger partial charge in [0.15, 0.2) is 0 Å². The first-order chi connectivity index (χ1) is 6.43. The highest BCUT2D eigenvalue weighted by Crippen LogP contribution is 2.29. The lowest BCUT2D eigenvalue weighted by Gasteiger charge is -2.01. The van der Waals surface area contributed by atoms with E-state index in [1.54, 1.807) is 22.6 Å². The lowest BCUT2D eigenvalue weighted by molar-refractivity contribution is -0.390. The van der Waals surface area contributed by atoms with Crippen molar-refractivity contribution in [3.63, 3.8) is 0 Å². The van der Waals surface area contributed by atoms with E-state index in [2.05, 4.69) is 4.98 Å². The second-order valence-corrected chi connectivity index (χ2v) is 3.49. The van der Waals surface area contributed by atoms with Crippen LogP contribution in [0.15, 0.2) is 6.07 Å². The Kier molecular flexibility index (Phi) is 3.13. The largest absolute Gasteiger partial charge is 0.379 e. The fourth-order valence-electron chi connectivity index (χ4n) is 0.810. The van der Waals surface area contributed by atoms with Gasteiger partial charge in [-0.15, -0.1) is 0 Å². The number of hydrogen-bond acceptors (Lipinski definition) is 4. The van der Waals surface area contributed by atoms with Gasteiger partial charge in [0.2, 0.25) is 5.82 Å². The summed E-state index contributed by atoms with van der Waals surface area (Å²) in [6.45, 7) is 0. The van der Waals surface area contributed by atoms with Crippen LogP contribution in [0.1, 0.15) is 12.0 Å². The molecule has 0 saturated heterocycles. The summed E-state index contributed by atoms with van der Waals surface area (Å²) in [6.07, 6.45) is -2.78. The van der Waals surface area contributed by atoms with Crippen molar-refractivity contribution in [2.24, 2.45) is 0 Å². The zero-order valence-electron chi connectivity index (χ0n) is 6.58. The third-order valence-electron chi connectivity index (χ3n) is 1.43. The molecule has 0 aliphatic rings. The quantitative estimate of drug-likeness (QED) is 0.515. The van der Waals surface area contributed by atoms with Gasteiger partial charge in [0.1, 0.15) is 3.57 Å². The molecule has 1 aromatic rings. The Morgan fingerprint density at radius 3 is 2.64 bits per heavy atom. The molecule has 0 spiro atoms. The Balaban J connectivity index is 3.31. The highest BCUT2D eigenvalue weighted by atomic mass is 127. The van der Waals surface area contributed by atoms with Crippen molar-refractivity contribution in [3.8, 4) is 0 Å². The number of nitrogen functional groups attached to an aromatic ring is 1. The van der Waals surface area contributed by atoms with Crippen LogP contribution in [-0.2, 0) is 0 Å². The number of anilines is 1. The van der Waals surface area contributed by atoms with Crippen LogP contribution in [0.4, 0.5) is 20.4 Å². The monoisotopic (exact) mass is 315 g/mol. The van der Waals surface area contributed by atoms with Gasteiger partial charge in [0.25, 0.3) is 6.43 Å². The number of nitro groups is 1. The van der Waals surface area contributed by atoms with E-state index in [1.807, 2.05) is 0 Å². The summed E-state index contributed by atoms with van der Waals surface area (Å²) in [6, 6.07) is 0.964. The van der Waals surface area contributed by atoms with Crippen LogP contribution in [0.2, 0.25) is 0 Å². The van der Waals surface area contributed by atoms with Crippen LogP contribution in [0.3, 0.4) is 0 Å². The Hall–Kier alpha value is -1.06. The van der Waals surface area contributed by atoms with E-state index >= 15 is 0 Å². The molecule has 0 fully saturated rings. The van der Waals surface area contributed by atoms with E-state index in [4.69, 9.17) is 5.73 Å². The normalized spacial score (nSPS) is 10.6. The molecule has 8 heteroatoms. The maximum atomic E-state index is 12.2. The first kappa shape index (κ1) is 11.0. The molecule has 76 valence electrons. The molecule has 1 rings (SSSR count). The molecule has 1 heterocycles. The molecule has 0 saturated carbocycles. The topological polar surface area (TPSA) is 82.0 Å². The average Bonchev–Trinajstić information content (AvgIpc) is 2.07. The van der Waals surface area contributed by atoms with Crippen molar-refractivity contribution in [2.45, 2.75) is 6.43 Å². The highest BCUT2D eigenvalue weighted by molar-refractivity contribution is 14.1. The van der Waals surface area contributed by atoms with Gasteiger partial charge in [-0.3, -0.25) is 0 Å². The SMILES string of the molecule is Nc1nc([N+](=O)[O-])c(I)cc1C(F)F. The predicted molar refractivity (Wildman–Crippen MR) is 53.0 cm³/mol. The van der Waals surface area contributed by atoms with Gasteiger partial charge < -0.3 is 15.8 Å². The van der Waals surface area contributed by atoms with Crippen molar-refractivity contribution >= 4 is 34.2 Å². The maximum absolute atomic E-state index is 12.2. The lowest BCUT2D eigenvalue weighted by atomic mass is 10.2. The van der Waals surface area contributed by atoms with E-state index in [-0.39, 0.29) is 3.57 Å². The minimum absolute atomic E-state index is 0.0390. The number of nitrogens with zero attached hydrogens (tertiary/aromatic N) is 2. The maximum Gasteiger partial charge on any atom is 0.379 e. The third kappa shape index (κ3) is 2.05. The Morgan fingerprint density at radius 1 is 1.64 bits per heavy atom. The summed E-state index contributed by atoms with van der Waals surface area (Å²) in [5.74, 6) is -1.01. The number of nitrogens with two attached hydrogens (primary N) is 1. The molecule has 0 amide bonds. The standard InChI is InChI=1S/C6H4F2IN3O2/c7-4(8)2-1-3(9)6(12(13)14)11-5(2)10/h1,4H,(H2,10,11). The molecule has 5 nitrogen and oxygen atoms in total. The second-order valence-electron chi connectivity index (χ2n) is 2.33. The van der Waals surface area contributed by atoms with Crippen LogP contribution in [0.25, 0.3) is 0 Å². The predicted octanol–water partition coefficient (Wildman–Crippen LogP) is 2.11.